The van der Waals surface area contributed by atoms with Crippen LogP contribution in [0.1, 0.15) is 24.3 Å². The Balaban J connectivity index is 1.55. The minimum absolute atomic E-state index is 0.136. The molecule has 3 rings (SSSR count). The fourth-order valence-electron chi connectivity index (χ4n) is 2.86. The van der Waals surface area contributed by atoms with E-state index in [4.69, 9.17) is 0 Å². The molecule has 110 valence electrons. The van der Waals surface area contributed by atoms with Crippen molar-refractivity contribution in [2.24, 2.45) is 0 Å². The molecule has 2 nitrogen and oxygen atoms in total. The quantitative estimate of drug-likeness (QED) is 0.903. The van der Waals surface area contributed by atoms with Crippen LogP contribution in [0.25, 0.3) is 0 Å². The van der Waals surface area contributed by atoms with E-state index in [0.29, 0.717) is 12.0 Å². The van der Waals surface area contributed by atoms with E-state index >= 15 is 0 Å². The number of benzene rings is 2. The van der Waals surface area contributed by atoms with Gasteiger partial charge in [-0.15, -0.1) is 0 Å². The molecule has 0 amide bonds. The van der Waals surface area contributed by atoms with Crippen LogP contribution in [0.4, 0.5) is 15.8 Å². The summed E-state index contributed by atoms with van der Waals surface area (Å²) in [4.78, 5) is 2.09. The van der Waals surface area contributed by atoms with Gasteiger partial charge < -0.3 is 10.2 Å². The van der Waals surface area contributed by atoms with Gasteiger partial charge in [0.15, 0.2) is 0 Å². The second-order valence-electron chi connectivity index (χ2n) is 6.01. The summed E-state index contributed by atoms with van der Waals surface area (Å²) in [7, 11) is 4.08. The topological polar surface area (TPSA) is 15.3 Å². The van der Waals surface area contributed by atoms with E-state index in [1.165, 1.54) is 11.8 Å². The minimum atomic E-state index is -0.136. The second-order valence-corrected chi connectivity index (χ2v) is 6.01. The molecule has 0 spiro atoms. The van der Waals surface area contributed by atoms with E-state index in [0.717, 1.165) is 24.1 Å². The number of rotatable bonds is 4. The lowest BCUT2D eigenvalue weighted by Gasteiger charge is -2.37. The Morgan fingerprint density at radius 2 is 1.76 bits per heavy atom. The van der Waals surface area contributed by atoms with Crippen molar-refractivity contribution >= 4 is 11.4 Å². The summed E-state index contributed by atoms with van der Waals surface area (Å²) in [5.41, 5.74) is 3.48. The van der Waals surface area contributed by atoms with Crippen molar-refractivity contribution in [3.63, 3.8) is 0 Å². The van der Waals surface area contributed by atoms with Crippen LogP contribution in [0, 0.1) is 5.82 Å². The smallest absolute Gasteiger partial charge is 0.123 e. The van der Waals surface area contributed by atoms with Gasteiger partial charge in [0.25, 0.3) is 0 Å². The zero-order valence-electron chi connectivity index (χ0n) is 12.5. The van der Waals surface area contributed by atoms with Gasteiger partial charge in [-0.05, 0) is 60.7 Å². The highest BCUT2D eigenvalue weighted by Gasteiger charge is 2.30. The van der Waals surface area contributed by atoms with Gasteiger partial charge in [0.2, 0.25) is 0 Å². The summed E-state index contributed by atoms with van der Waals surface area (Å²) in [6.07, 6.45) is 2.14. The molecule has 0 heterocycles. The zero-order valence-corrected chi connectivity index (χ0v) is 12.5. The van der Waals surface area contributed by atoms with Crippen LogP contribution >= 0.6 is 0 Å². The summed E-state index contributed by atoms with van der Waals surface area (Å²) in [6, 6.07) is 15.9. The Labute approximate surface area is 125 Å². The fourth-order valence-corrected chi connectivity index (χ4v) is 2.86. The van der Waals surface area contributed by atoms with E-state index in [1.807, 2.05) is 20.2 Å². The fraction of sp³-hybridized carbons (Fsp3) is 0.333. The Kier molecular flexibility index (Phi) is 3.82. The molecule has 0 radical (unpaired) electrons. The monoisotopic (exact) mass is 284 g/mol. The molecule has 0 unspecified atom stereocenters. The normalized spacial score (nSPS) is 20.7. The van der Waals surface area contributed by atoms with Gasteiger partial charge in [0.1, 0.15) is 5.82 Å². The van der Waals surface area contributed by atoms with Crippen LogP contribution < -0.4 is 10.2 Å². The Morgan fingerprint density at radius 1 is 1.05 bits per heavy atom. The van der Waals surface area contributed by atoms with Crippen LogP contribution in [0.2, 0.25) is 0 Å². The standard InChI is InChI=1S/C18H21FN2/c1-21(2)18-8-6-16(7-9-18)20-17-11-14(12-17)13-4-3-5-15(19)10-13/h3-10,14,17,20H,11-12H2,1-2H3. The van der Waals surface area contributed by atoms with E-state index in [-0.39, 0.29) is 5.82 Å². The molecule has 3 heteroatoms. The van der Waals surface area contributed by atoms with Gasteiger partial charge in [0.05, 0.1) is 0 Å². The van der Waals surface area contributed by atoms with Gasteiger partial charge in [-0.1, -0.05) is 12.1 Å². The van der Waals surface area contributed by atoms with Crippen LogP contribution in [-0.2, 0) is 0 Å². The van der Waals surface area contributed by atoms with Gasteiger partial charge in [0, 0.05) is 31.5 Å². The average molecular weight is 284 g/mol. The molecule has 2 aromatic carbocycles. The first-order valence-electron chi connectivity index (χ1n) is 7.41. The molecule has 1 aliphatic carbocycles. The highest BCUT2D eigenvalue weighted by Crippen LogP contribution is 2.38. The van der Waals surface area contributed by atoms with Gasteiger partial charge in [-0.3, -0.25) is 0 Å². The summed E-state index contributed by atoms with van der Waals surface area (Å²) in [6.45, 7) is 0. The average Bonchev–Trinajstić information content (AvgIpc) is 2.43. The Morgan fingerprint density at radius 3 is 2.38 bits per heavy atom. The van der Waals surface area contributed by atoms with Gasteiger partial charge >= 0.3 is 0 Å². The number of halogens is 1. The summed E-state index contributed by atoms with van der Waals surface area (Å²) in [5.74, 6) is 0.349. The van der Waals surface area contributed by atoms with Crippen molar-refractivity contribution in [2.75, 3.05) is 24.3 Å². The number of hydrogen-bond acceptors (Lipinski definition) is 2. The molecule has 1 N–H and O–H groups in total. The maximum Gasteiger partial charge on any atom is 0.123 e. The minimum Gasteiger partial charge on any atom is -0.382 e. The van der Waals surface area contributed by atoms with Crippen molar-refractivity contribution in [3.05, 3.63) is 59.9 Å². The molecule has 21 heavy (non-hydrogen) atoms. The van der Waals surface area contributed by atoms with Crippen molar-refractivity contribution in [1.82, 2.24) is 0 Å². The molecule has 1 saturated carbocycles. The van der Waals surface area contributed by atoms with Gasteiger partial charge in [-0.25, -0.2) is 4.39 Å². The maximum absolute atomic E-state index is 13.2. The third-order valence-electron chi connectivity index (χ3n) is 4.21. The number of nitrogens with zero attached hydrogens (tertiary/aromatic N) is 1. The molecule has 1 aliphatic rings. The molecular formula is C18H21FN2. The lowest BCUT2D eigenvalue weighted by Crippen LogP contribution is -2.34. The molecule has 0 aromatic heterocycles. The molecule has 1 fully saturated rings. The highest BCUT2D eigenvalue weighted by molar-refractivity contribution is 5.55. The van der Waals surface area contributed by atoms with Crippen molar-refractivity contribution < 1.29 is 4.39 Å². The third-order valence-corrected chi connectivity index (χ3v) is 4.21. The van der Waals surface area contributed by atoms with Crippen molar-refractivity contribution in [2.45, 2.75) is 24.8 Å². The van der Waals surface area contributed by atoms with E-state index in [2.05, 4.69) is 34.5 Å². The van der Waals surface area contributed by atoms with Crippen molar-refractivity contribution in [1.29, 1.82) is 0 Å². The predicted molar refractivity (Wildman–Crippen MR) is 86.6 cm³/mol. The van der Waals surface area contributed by atoms with Crippen LogP contribution in [0.5, 0.6) is 0 Å². The SMILES string of the molecule is CN(C)c1ccc(NC2CC(c3cccc(F)c3)C2)cc1. The Hall–Kier alpha value is -2.03. The van der Waals surface area contributed by atoms with E-state index in [1.54, 1.807) is 12.1 Å². The first-order valence-corrected chi connectivity index (χ1v) is 7.41. The molecule has 0 bridgehead atoms. The number of nitrogens with one attached hydrogen (secondary N) is 1. The van der Waals surface area contributed by atoms with Crippen LogP contribution in [-0.4, -0.2) is 20.1 Å². The lowest BCUT2D eigenvalue weighted by atomic mass is 9.76. The molecular weight excluding hydrogens is 263 g/mol. The lowest BCUT2D eigenvalue weighted by molar-refractivity contribution is 0.373. The van der Waals surface area contributed by atoms with E-state index < -0.39 is 0 Å². The summed E-state index contributed by atoms with van der Waals surface area (Å²) >= 11 is 0. The van der Waals surface area contributed by atoms with Crippen LogP contribution in [0.3, 0.4) is 0 Å². The second kappa shape index (κ2) is 5.76. The highest BCUT2D eigenvalue weighted by atomic mass is 19.1. The maximum atomic E-state index is 13.2. The molecule has 0 aliphatic heterocycles. The molecule has 0 atom stereocenters. The molecule has 2 aromatic rings. The van der Waals surface area contributed by atoms with Crippen LogP contribution in [0.15, 0.2) is 48.5 Å². The summed E-state index contributed by atoms with van der Waals surface area (Å²) in [5, 5.41) is 3.55. The Bertz CT molecular complexity index is 601. The zero-order chi connectivity index (χ0) is 14.8. The summed E-state index contributed by atoms with van der Waals surface area (Å²) < 4.78 is 13.2. The predicted octanol–water partition coefficient (Wildman–Crippen LogP) is 4.25. The van der Waals surface area contributed by atoms with Gasteiger partial charge in [-0.2, -0.15) is 0 Å². The molecule has 0 saturated heterocycles. The number of anilines is 2. The largest absolute Gasteiger partial charge is 0.382 e. The number of hydrogen-bond donors (Lipinski definition) is 1. The van der Waals surface area contributed by atoms with Crippen molar-refractivity contribution in [3.8, 4) is 0 Å². The first-order chi connectivity index (χ1) is 10.1. The third kappa shape index (κ3) is 3.18. The first kappa shape index (κ1) is 13.9. The van der Waals surface area contributed by atoms with E-state index in [9.17, 15) is 4.39 Å².